The average molecular weight is 349 g/mol. The average Bonchev–Trinajstić information content (AvgIpc) is 3.07. The van der Waals surface area contributed by atoms with E-state index < -0.39 is 0 Å². The molecule has 9 heteroatoms. The Bertz CT molecular complexity index is 898. The fraction of sp³-hybridized carbons (Fsp3) is 0.286. The van der Waals surface area contributed by atoms with Crippen molar-refractivity contribution in [3.8, 4) is 0 Å². The Morgan fingerprint density at radius 3 is 2.96 bits per heavy atom. The molecule has 0 aliphatic rings. The van der Waals surface area contributed by atoms with Gasteiger partial charge in [0.05, 0.1) is 24.3 Å². The van der Waals surface area contributed by atoms with Gasteiger partial charge in [-0.1, -0.05) is 0 Å². The fourth-order valence-electron chi connectivity index (χ4n) is 2.12. The summed E-state index contributed by atoms with van der Waals surface area (Å²) in [4.78, 5) is 37.0. The number of hydrogen-bond donors (Lipinski definition) is 2. The van der Waals surface area contributed by atoms with E-state index in [0.717, 1.165) is 5.69 Å². The monoisotopic (exact) mass is 349 g/mol. The molecule has 0 aliphatic carbocycles. The standard InChI is InChI=1S/C14H15N5O2S2/c1-8-7-23-14(15-8)18-11(20)6-19(2)5-10-16-9-3-4-22-12(9)13(21)17-10/h3-4,7H,5-6H2,1-2H3,(H,15,18,20)(H,16,17,21). The number of hydrogen-bond acceptors (Lipinski definition) is 7. The number of thiophene rings is 1. The molecule has 0 bridgehead atoms. The summed E-state index contributed by atoms with van der Waals surface area (Å²) in [7, 11) is 1.80. The number of aryl methyl sites for hydroxylation is 1. The second-order valence-corrected chi connectivity index (χ2v) is 6.94. The maximum Gasteiger partial charge on any atom is 0.268 e. The van der Waals surface area contributed by atoms with Gasteiger partial charge in [0.25, 0.3) is 5.56 Å². The summed E-state index contributed by atoms with van der Waals surface area (Å²) < 4.78 is 0.619. The van der Waals surface area contributed by atoms with Crippen molar-refractivity contribution >= 4 is 43.9 Å². The molecule has 23 heavy (non-hydrogen) atoms. The molecule has 0 aliphatic heterocycles. The molecule has 0 radical (unpaired) electrons. The first kappa shape index (κ1) is 15.8. The van der Waals surface area contributed by atoms with Gasteiger partial charge in [0.2, 0.25) is 5.91 Å². The van der Waals surface area contributed by atoms with Crippen molar-refractivity contribution in [2.75, 3.05) is 18.9 Å². The molecule has 0 aromatic carbocycles. The van der Waals surface area contributed by atoms with Crippen LogP contribution >= 0.6 is 22.7 Å². The van der Waals surface area contributed by atoms with Gasteiger partial charge in [-0.2, -0.15) is 0 Å². The number of rotatable bonds is 5. The van der Waals surface area contributed by atoms with Crippen LogP contribution in [0.4, 0.5) is 5.13 Å². The van der Waals surface area contributed by atoms with E-state index in [0.29, 0.717) is 27.7 Å². The number of anilines is 1. The van der Waals surface area contributed by atoms with Crippen LogP contribution < -0.4 is 10.9 Å². The van der Waals surface area contributed by atoms with Crippen LogP contribution in [0, 0.1) is 6.92 Å². The first-order valence-corrected chi connectivity index (χ1v) is 8.64. The highest BCUT2D eigenvalue weighted by Gasteiger charge is 2.11. The van der Waals surface area contributed by atoms with Crippen LogP contribution in [0.2, 0.25) is 0 Å². The van der Waals surface area contributed by atoms with Gasteiger partial charge in [-0.3, -0.25) is 14.5 Å². The van der Waals surface area contributed by atoms with Crippen LogP contribution in [0.25, 0.3) is 10.2 Å². The maximum atomic E-state index is 12.0. The van der Waals surface area contributed by atoms with E-state index in [1.54, 1.807) is 11.9 Å². The molecule has 3 heterocycles. The zero-order valence-electron chi connectivity index (χ0n) is 12.6. The van der Waals surface area contributed by atoms with Crippen LogP contribution in [0.15, 0.2) is 21.6 Å². The number of carbonyl (C=O) groups is 1. The van der Waals surface area contributed by atoms with Gasteiger partial charge >= 0.3 is 0 Å². The summed E-state index contributed by atoms with van der Waals surface area (Å²) >= 11 is 2.76. The quantitative estimate of drug-likeness (QED) is 0.733. The van der Waals surface area contributed by atoms with E-state index in [9.17, 15) is 9.59 Å². The van der Waals surface area contributed by atoms with Crippen LogP contribution in [-0.4, -0.2) is 39.4 Å². The molecule has 1 amide bonds. The highest BCUT2D eigenvalue weighted by molar-refractivity contribution is 7.17. The van der Waals surface area contributed by atoms with Crippen molar-refractivity contribution in [2.45, 2.75) is 13.5 Å². The third-order valence-corrected chi connectivity index (χ3v) is 4.84. The molecule has 0 fully saturated rings. The number of carbonyl (C=O) groups excluding carboxylic acids is 1. The Hall–Kier alpha value is -2.10. The minimum atomic E-state index is -0.152. The van der Waals surface area contributed by atoms with Crippen LogP contribution in [0.3, 0.4) is 0 Å². The van der Waals surface area contributed by atoms with Gasteiger partial charge in [0.15, 0.2) is 5.13 Å². The van der Waals surface area contributed by atoms with Gasteiger partial charge in [-0.05, 0) is 25.4 Å². The van der Waals surface area contributed by atoms with Crippen LogP contribution in [-0.2, 0) is 11.3 Å². The van der Waals surface area contributed by atoms with Crippen LogP contribution in [0.5, 0.6) is 0 Å². The lowest BCUT2D eigenvalue weighted by Crippen LogP contribution is -2.31. The Morgan fingerprint density at radius 2 is 2.22 bits per heavy atom. The second kappa shape index (κ2) is 6.57. The molecule has 7 nitrogen and oxygen atoms in total. The van der Waals surface area contributed by atoms with Crippen molar-refractivity contribution in [1.29, 1.82) is 0 Å². The summed E-state index contributed by atoms with van der Waals surface area (Å²) in [5.74, 6) is 0.391. The minimum absolute atomic E-state index is 0.142. The molecule has 2 N–H and O–H groups in total. The summed E-state index contributed by atoms with van der Waals surface area (Å²) in [5.41, 5.74) is 1.42. The summed E-state index contributed by atoms with van der Waals surface area (Å²) in [6, 6.07) is 1.82. The highest BCUT2D eigenvalue weighted by Crippen LogP contribution is 2.15. The number of nitrogens with zero attached hydrogens (tertiary/aromatic N) is 3. The second-order valence-electron chi connectivity index (χ2n) is 5.16. The van der Waals surface area contributed by atoms with Crippen molar-refractivity contribution in [3.63, 3.8) is 0 Å². The van der Waals surface area contributed by atoms with Gasteiger partial charge < -0.3 is 10.3 Å². The molecule has 3 aromatic rings. The zero-order valence-corrected chi connectivity index (χ0v) is 14.3. The summed E-state index contributed by atoms with van der Waals surface area (Å²) in [5, 5.41) is 7.06. The molecule has 3 rings (SSSR count). The number of fused-ring (bicyclic) bond motifs is 1. The van der Waals surface area contributed by atoms with Crippen molar-refractivity contribution in [2.24, 2.45) is 0 Å². The maximum absolute atomic E-state index is 12.0. The lowest BCUT2D eigenvalue weighted by molar-refractivity contribution is -0.117. The molecule has 0 atom stereocenters. The number of aromatic amines is 1. The predicted octanol–water partition coefficient (Wildman–Crippen LogP) is 1.82. The molecule has 0 saturated heterocycles. The van der Waals surface area contributed by atoms with Gasteiger partial charge in [0.1, 0.15) is 10.5 Å². The van der Waals surface area contributed by atoms with E-state index in [1.807, 2.05) is 23.8 Å². The lowest BCUT2D eigenvalue weighted by Gasteiger charge is -2.14. The zero-order chi connectivity index (χ0) is 16.4. The number of H-pyrrole nitrogens is 1. The number of thiazole rings is 1. The molecule has 0 unspecified atom stereocenters. The topological polar surface area (TPSA) is 91.0 Å². The van der Waals surface area contributed by atoms with Gasteiger partial charge in [0, 0.05) is 5.38 Å². The molecular weight excluding hydrogens is 334 g/mol. The smallest absolute Gasteiger partial charge is 0.268 e. The number of nitrogens with one attached hydrogen (secondary N) is 2. The Kier molecular flexibility index (Phi) is 4.51. The molecule has 120 valence electrons. The highest BCUT2D eigenvalue weighted by atomic mass is 32.1. The minimum Gasteiger partial charge on any atom is -0.308 e. The Balaban J connectivity index is 1.62. The summed E-state index contributed by atoms with van der Waals surface area (Å²) in [6.07, 6.45) is 0. The molecule has 0 saturated carbocycles. The number of likely N-dealkylation sites (N-methyl/N-ethyl adjacent to an activating group) is 1. The first-order valence-electron chi connectivity index (χ1n) is 6.88. The van der Waals surface area contributed by atoms with Crippen molar-refractivity contribution in [1.82, 2.24) is 19.9 Å². The largest absolute Gasteiger partial charge is 0.308 e. The Morgan fingerprint density at radius 1 is 1.39 bits per heavy atom. The molecule has 0 spiro atoms. The fourth-order valence-corrected chi connectivity index (χ4v) is 3.55. The predicted molar refractivity (Wildman–Crippen MR) is 92.1 cm³/mol. The van der Waals surface area contributed by atoms with Crippen LogP contribution in [0.1, 0.15) is 11.5 Å². The summed E-state index contributed by atoms with van der Waals surface area (Å²) in [6.45, 7) is 2.44. The van der Waals surface area contributed by atoms with Gasteiger partial charge in [-0.25, -0.2) is 9.97 Å². The lowest BCUT2D eigenvalue weighted by atomic mass is 10.4. The van der Waals surface area contributed by atoms with E-state index in [4.69, 9.17) is 0 Å². The third-order valence-electron chi connectivity index (χ3n) is 3.06. The van der Waals surface area contributed by atoms with Gasteiger partial charge in [-0.15, -0.1) is 22.7 Å². The van der Waals surface area contributed by atoms with Crippen molar-refractivity contribution < 1.29 is 4.79 Å². The van der Waals surface area contributed by atoms with Crippen molar-refractivity contribution in [3.05, 3.63) is 38.7 Å². The first-order chi connectivity index (χ1) is 11.0. The number of amides is 1. The third kappa shape index (κ3) is 3.81. The molecular formula is C14H15N5O2S2. The number of aromatic nitrogens is 3. The van der Waals surface area contributed by atoms with E-state index >= 15 is 0 Å². The Labute approximate surface area is 140 Å². The molecule has 3 aromatic heterocycles. The normalized spacial score (nSPS) is 11.3. The van der Waals surface area contributed by atoms with E-state index in [1.165, 1.54) is 22.7 Å². The van der Waals surface area contributed by atoms with E-state index in [-0.39, 0.29) is 18.0 Å². The van der Waals surface area contributed by atoms with E-state index in [2.05, 4.69) is 20.3 Å². The SMILES string of the molecule is Cc1csc(NC(=O)CN(C)Cc2nc3ccsc3c(=O)[nH]2)n1.